The molecule has 21 heavy (non-hydrogen) atoms. The monoisotopic (exact) mass is 287 g/mol. The van der Waals surface area contributed by atoms with Crippen molar-refractivity contribution in [3.05, 3.63) is 53.1 Å². The standard InChI is InChI=1S/C17H21NO3/c1-11-5-6-16(21-4)15(7-11)17(18)12-8-13(19-2)10-14(9-12)20-3/h5-10,17H,18H2,1-4H3. The minimum atomic E-state index is -0.316. The summed E-state index contributed by atoms with van der Waals surface area (Å²) in [5.41, 5.74) is 9.40. The molecule has 1 unspecified atom stereocenters. The van der Waals surface area contributed by atoms with Crippen molar-refractivity contribution in [1.29, 1.82) is 0 Å². The van der Waals surface area contributed by atoms with Crippen molar-refractivity contribution in [2.24, 2.45) is 5.73 Å². The predicted molar refractivity (Wildman–Crippen MR) is 83.3 cm³/mol. The average Bonchev–Trinajstić information content (AvgIpc) is 2.53. The van der Waals surface area contributed by atoms with E-state index in [2.05, 4.69) is 0 Å². The Morgan fingerprint density at radius 1 is 0.857 bits per heavy atom. The molecule has 4 nitrogen and oxygen atoms in total. The van der Waals surface area contributed by atoms with Crippen LogP contribution in [-0.4, -0.2) is 21.3 Å². The van der Waals surface area contributed by atoms with Crippen molar-refractivity contribution in [2.75, 3.05) is 21.3 Å². The van der Waals surface area contributed by atoms with Gasteiger partial charge in [-0.05, 0) is 30.7 Å². The molecule has 0 aliphatic heterocycles. The Hall–Kier alpha value is -2.20. The highest BCUT2D eigenvalue weighted by molar-refractivity contribution is 5.47. The molecular formula is C17H21NO3. The van der Waals surface area contributed by atoms with E-state index in [4.69, 9.17) is 19.9 Å². The highest BCUT2D eigenvalue weighted by atomic mass is 16.5. The summed E-state index contributed by atoms with van der Waals surface area (Å²) in [7, 11) is 4.89. The fraction of sp³-hybridized carbons (Fsp3) is 0.294. The topological polar surface area (TPSA) is 53.7 Å². The lowest BCUT2D eigenvalue weighted by Crippen LogP contribution is -2.13. The van der Waals surface area contributed by atoms with E-state index in [1.54, 1.807) is 21.3 Å². The molecule has 0 aliphatic rings. The van der Waals surface area contributed by atoms with Gasteiger partial charge in [-0.25, -0.2) is 0 Å². The molecule has 0 fully saturated rings. The second-order valence-electron chi connectivity index (χ2n) is 4.87. The van der Waals surface area contributed by atoms with E-state index >= 15 is 0 Å². The highest BCUT2D eigenvalue weighted by Crippen LogP contribution is 2.33. The van der Waals surface area contributed by atoms with Crippen molar-refractivity contribution >= 4 is 0 Å². The van der Waals surface area contributed by atoms with Crippen molar-refractivity contribution in [2.45, 2.75) is 13.0 Å². The summed E-state index contributed by atoms with van der Waals surface area (Å²) in [6.45, 7) is 2.03. The maximum Gasteiger partial charge on any atom is 0.123 e. The average molecular weight is 287 g/mol. The second kappa shape index (κ2) is 6.50. The van der Waals surface area contributed by atoms with Gasteiger partial charge in [0.05, 0.1) is 27.4 Å². The first-order chi connectivity index (χ1) is 10.1. The van der Waals surface area contributed by atoms with E-state index < -0.39 is 0 Å². The molecule has 112 valence electrons. The molecule has 2 N–H and O–H groups in total. The molecule has 0 saturated carbocycles. The number of rotatable bonds is 5. The first-order valence-corrected chi connectivity index (χ1v) is 6.72. The molecule has 4 heteroatoms. The predicted octanol–water partition coefficient (Wildman–Crippen LogP) is 3.07. The van der Waals surface area contributed by atoms with Crippen LogP contribution in [0.1, 0.15) is 22.7 Å². The molecule has 0 radical (unpaired) electrons. The Bertz CT molecular complexity index is 603. The molecule has 0 saturated heterocycles. The molecular weight excluding hydrogens is 266 g/mol. The van der Waals surface area contributed by atoms with E-state index in [9.17, 15) is 0 Å². The van der Waals surface area contributed by atoms with Gasteiger partial charge < -0.3 is 19.9 Å². The first-order valence-electron chi connectivity index (χ1n) is 6.72. The number of benzene rings is 2. The summed E-state index contributed by atoms with van der Waals surface area (Å²) >= 11 is 0. The van der Waals surface area contributed by atoms with Gasteiger partial charge in [-0.2, -0.15) is 0 Å². The zero-order valence-corrected chi connectivity index (χ0v) is 12.8. The molecule has 0 heterocycles. The Morgan fingerprint density at radius 3 is 2.00 bits per heavy atom. The summed E-state index contributed by atoms with van der Waals surface area (Å²) in [4.78, 5) is 0. The largest absolute Gasteiger partial charge is 0.497 e. The van der Waals surface area contributed by atoms with Crippen LogP contribution < -0.4 is 19.9 Å². The highest BCUT2D eigenvalue weighted by Gasteiger charge is 2.16. The SMILES string of the molecule is COc1cc(OC)cc(C(N)c2cc(C)ccc2OC)c1. The zero-order chi connectivity index (χ0) is 15.4. The molecule has 0 spiro atoms. The lowest BCUT2D eigenvalue weighted by Gasteiger charge is -2.18. The third-order valence-electron chi connectivity index (χ3n) is 3.45. The van der Waals surface area contributed by atoms with Crippen LogP contribution in [0.4, 0.5) is 0 Å². The van der Waals surface area contributed by atoms with Crippen molar-refractivity contribution in [3.63, 3.8) is 0 Å². The molecule has 2 rings (SSSR count). The maximum atomic E-state index is 6.42. The fourth-order valence-corrected chi connectivity index (χ4v) is 2.29. The van der Waals surface area contributed by atoms with E-state index in [1.807, 2.05) is 43.3 Å². The number of hydrogen-bond acceptors (Lipinski definition) is 4. The number of aryl methyl sites for hydroxylation is 1. The summed E-state index contributed by atoms with van der Waals surface area (Å²) in [6, 6.07) is 11.3. The summed E-state index contributed by atoms with van der Waals surface area (Å²) < 4.78 is 16.0. The van der Waals surface area contributed by atoms with Crippen molar-refractivity contribution in [1.82, 2.24) is 0 Å². The molecule has 0 amide bonds. The maximum absolute atomic E-state index is 6.42. The van der Waals surface area contributed by atoms with Gasteiger partial charge in [0.25, 0.3) is 0 Å². The van der Waals surface area contributed by atoms with Crippen LogP contribution in [0.5, 0.6) is 17.2 Å². The normalized spacial score (nSPS) is 11.9. The number of ether oxygens (including phenoxy) is 3. The van der Waals surface area contributed by atoms with Crippen LogP contribution in [0.3, 0.4) is 0 Å². The number of nitrogens with two attached hydrogens (primary N) is 1. The van der Waals surface area contributed by atoms with Gasteiger partial charge in [0, 0.05) is 11.6 Å². The van der Waals surface area contributed by atoms with E-state index in [0.29, 0.717) is 11.5 Å². The lowest BCUT2D eigenvalue weighted by molar-refractivity contribution is 0.392. The molecule has 1 atom stereocenters. The van der Waals surface area contributed by atoms with Crippen LogP contribution in [0.2, 0.25) is 0 Å². The smallest absolute Gasteiger partial charge is 0.123 e. The quantitative estimate of drug-likeness (QED) is 0.918. The Balaban J connectivity index is 2.48. The minimum Gasteiger partial charge on any atom is -0.497 e. The molecule has 2 aromatic carbocycles. The van der Waals surface area contributed by atoms with Gasteiger partial charge in [-0.3, -0.25) is 0 Å². The minimum absolute atomic E-state index is 0.316. The zero-order valence-electron chi connectivity index (χ0n) is 12.8. The van der Waals surface area contributed by atoms with Crippen LogP contribution in [0.25, 0.3) is 0 Å². The molecule has 0 bridgehead atoms. The Labute approximate surface area is 125 Å². The summed E-state index contributed by atoms with van der Waals surface area (Å²) in [6.07, 6.45) is 0. The van der Waals surface area contributed by atoms with Gasteiger partial charge in [0.15, 0.2) is 0 Å². The van der Waals surface area contributed by atoms with Crippen molar-refractivity contribution in [3.8, 4) is 17.2 Å². The lowest BCUT2D eigenvalue weighted by atomic mass is 9.97. The summed E-state index contributed by atoms with van der Waals surface area (Å²) in [5.74, 6) is 2.20. The van der Waals surface area contributed by atoms with Gasteiger partial charge in [0.1, 0.15) is 17.2 Å². The Kier molecular flexibility index (Phi) is 4.70. The molecule has 0 aliphatic carbocycles. The van der Waals surface area contributed by atoms with Gasteiger partial charge in [-0.15, -0.1) is 0 Å². The van der Waals surface area contributed by atoms with E-state index in [-0.39, 0.29) is 6.04 Å². The first kappa shape index (κ1) is 15.2. The number of hydrogen-bond donors (Lipinski definition) is 1. The van der Waals surface area contributed by atoms with Gasteiger partial charge in [-0.1, -0.05) is 17.7 Å². The van der Waals surface area contributed by atoms with Gasteiger partial charge in [0.2, 0.25) is 0 Å². The second-order valence-corrected chi connectivity index (χ2v) is 4.87. The van der Waals surface area contributed by atoms with Crippen LogP contribution in [-0.2, 0) is 0 Å². The molecule has 2 aromatic rings. The van der Waals surface area contributed by atoms with Gasteiger partial charge >= 0.3 is 0 Å². The van der Waals surface area contributed by atoms with Crippen molar-refractivity contribution < 1.29 is 14.2 Å². The summed E-state index contributed by atoms with van der Waals surface area (Å²) in [5, 5.41) is 0. The fourth-order valence-electron chi connectivity index (χ4n) is 2.29. The van der Waals surface area contributed by atoms with Crippen LogP contribution >= 0.6 is 0 Å². The third kappa shape index (κ3) is 3.28. The molecule has 0 aromatic heterocycles. The van der Waals surface area contributed by atoms with E-state index in [1.165, 1.54) is 0 Å². The van der Waals surface area contributed by atoms with Crippen LogP contribution in [0, 0.1) is 6.92 Å². The Morgan fingerprint density at radius 2 is 1.48 bits per heavy atom. The number of methoxy groups -OCH3 is 3. The third-order valence-corrected chi connectivity index (χ3v) is 3.45. The van der Waals surface area contributed by atoms with E-state index in [0.717, 1.165) is 22.4 Å². The van der Waals surface area contributed by atoms with Crippen LogP contribution in [0.15, 0.2) is 36.4 Å².